The van der Waals surface area contributed by atoms with Crippen LogP contribution in [0.2, 0.25) is 0 Å². The zero-order valence-corrected chi connectivity index (χ0v) is 16.1. The standard InChI is InChI=1S/C21H28N2O4/c1-14-6-3-4-8-17(14)18-12-19(18)21(27)22-10-5-7-16(9-11-22)23(15(2)24)13-20(25)26/h3-4,6,8,16,18-19H,5,7,9-13H2,1-2H3,(H,25,26)/t16-,18+,19-/m1/s1. The molecule has 2 amide bonds. The van der Waals surface area contributed by atoms with Crippen LogP contribution in [-0.2, 0) is 14.4 Å². The second-order valence-corrected chi connectivity index (χ2v) is 7.76. The van der Waals surface area contributed by atoms with Gasteiger partial charge in [0.15, 0.2) is 0 Å². The van der Waals surface area contributed by atoms with Crippen molar-refractivity contribution in [1.29, 1.82) is 0 Å². The van der Waals surface area contributed by atoms with Crippen LogP contribution in [0, 0.1) is 12.8 Å². The number of carbonyl (C=O) groups excluding carboxylic acids is 2. The smallest absolute Gasteiger partial charge is 0.323 e. The van der Waals surface area contributed by atoms with Crippen LogP contribution >= 0.6 is 0 Å². The highest BCUT2D eigenvalue weighted by atomic mass is 16.4. The van der Waals surface area contributed by atoms with Crippen LogP contribution in [0.4, 0.5) is 0 Å². The summed E-state index contributed by atoms with van der Waals surface area (Å²) >= 11 is 0. The molecule has 0 spiro atoms. The largest absolute Gasteiger partial charge is 0.480 e. The summed E-state index contributed by atoms with van der Waals surface area (Å²) in [6, 6.07) is 8.14. The summed E-state index contributed by atoms with van der Waals surface area (Å²) in [5.74, 6) is -0.633. The molecule has 1 saturated heterocycles. The monoisotopic (exact) mass is 372 g/mol. The van der Waals surface area contributed by atoms with Gasteiger partial charge in [-0.3, -0.25) is 14.4 Å². The molecule has 27 heavy (non-hydrogen) atoms. The maximum Gasteiger partial charge on any atom is 0.323 e. The number of carboxylic acids is 1. The quantitative estimate of drug-likeness (QED) is 0.861. The topological polar surface area (TPSA) is 77.9 Å². The first kappa shape index (κ1) is 19.4. The van der Waals surface area contributed by atoms with Gasteiger partial charge >= 0.3 is 5.97 Å². The molecule has 1 heterocycles. The number of carbonyl (C=O) groups is 3. The first-order chi connectivity index (χ1) is 12.9. The fourth-order valence-corrected chi connectivity index (χ4v) is 4.30. The normalized spacial score (nSPS) is 24.8. The van der Waals surface area contributed by atoms with E-state index in [0.717, 1.165) is 19.3 Å². The first-order valence-electron chi connectivity index (χ1n) is 9.71. The molecular formula is C21H28N2O4. The Morgan fingerprint density at radius 1 is 1.19 bits per heavy atom. The molecule has 2 fully saturated rings. The third kappa shape index (κ3) is 4.49. The second kappa shape index (κ2) is 8.11. The van der Waals surface area contributed by atoms with Gasteiger partial charge in [-0.2, -0.15) is 0 Å². The van der Waals surface area contributed by atoms with Crippen LogP contribution in [0.5, 0.6) is 0 Å². The summed E-state index contributed by atoms with van der Waals surface area (Å²) in [5, 5.41) is 9.06. The van der Waals surface area contributed by atoms with Gasteiger partial charge in [-0.05, 0) is 49.7 Å². The summed E-state index contributed by atoms with van der Waals surface area (Å²) < 4.78 is 0. The van der Waals surface area contributed by atoms with Crippen LogP contribution < -0.4 is 0 Å². The molecule has 6 nitrogen and oxygen atoms in total. The molecule has 0 bridgehead atoms. The summed E-state index contributed by atoms with van der Waals surface area (Å²) in [6.07, 6.45) is 3.08. The van der Waals surface area contributed by atoms with Crippen LogP contribution in [0.3, 0.4) is 0 Å². The number of carboxylic acid groups (broad SMARTS) is 1. The lowest BCUT2D eigenvalue weighted by Crippen LogP contribution is -2.43. The first-order valence-corrected chi connectivity index (χ1v) is 9.71. The van der Waals surface area contributed by atoms with Crippen LogP contribution in [-0.4, -0.2) is 58.4 Å². The van der Waals surface area contributed by atoms with Crippen LogP contribution in [0.1, 0.15) is 49.7 Å². The van der Waals surface area contributed by atoms with Gasteiger partial charge in [0.25, 0.3) is 0 Å². The Balaban J connectivity index is 1.60. The van der Waals surface area contributed by atoms with Crippen molar-refractivity contribution in [2.45, 2.75) is 51.5 Å². The number of aliphatic carboxylic acids is 1. The molecule has 2 aliphatic rings. The number of benzene rings is 1. The number of nitrogens with zero attached hydrogens (tertiary/aromatic N) is 2. The number of hydrogen-bond donors (Lipinski definition) is 1. The highest BCUT2D eigenvalue weighted by molar-refractivity contribution is 5.83. The van der Waals surface area contributed by atoms with Gasteiger partial charge in [-0.15, -0.1) is 0 Å². The van der Waals surface area contributed by atoms with Crippen molar-refractivity contribution in [1.82, 2.24) is 9.80 Å². The van der Waals surface area contributed by atoms with Crippen molar-refractivity contribution in [3.63, 3.8) is 0 Å². The van der Waals surface area contributed by atoms with Gasteiger partial charge < -0.3 is 14.9 Å². The number of amides is 2. The summed E-state index contributed by atoms with van der Waals surface area (Å²) in [4.78, 5) is 39.2. The lowest BCUT2D eigenvalue weighted by atomic mass is 10.0. The van der Waals surface area contributed by atoms with Gasteiger partial charge in [0.05, 0.1) is 0 Å². The highest BCUT2D eigenvalue weighted by Crippen LogP contribution is 2.49. The molecule has 146 valence electrons. The Kier molecular flexibility index (Phi) is 5.82. The zero-order valence-electron chi connectivity index (χ0n) is 16.1. The SMILES string of the molecule is CC(=O)N(CC(=O)O)[C@@H]1CCCN(C(=O)[C@@H]2C[C@H]2c2ccccc2C)CC1. The predicted molar refractivity (Wildman–Crippen MR) is 101 cm³/mol. The minimum Gasteiger partial charge on any atom is -0.480 e. The molecule has 6 heteroatoms. The average Bonchev–Trinajstić information content (AvgIpc) is 3.43. The van der Waals surface area contributed by atoms with E-state index in [1.54, 1.807) is 0 Å². The van der Waals surface area contributed by atoms with E-state index in [0.29, 0.717) is 25.4 Å². The van der Waals surface area contributed by atoms with Crippen molar-refractivity contribution in [3.05, 3.63) is 35.4 Å². The van der Waals surface area contributed by atoms with Crippen molar-refractivity contribution in [3.8, 4) is 0 Å². The summed E-state index contributed by atoms with van der Waals surface area (Å²) in [6.45, 7) is 4.50. The molecule has 1 N–H and O–H groups in total. The van der Waals surface area contributed by atoms with E-state index in [2.05, 4.69) is 19.1 Å². The molecule has 3 atom stereocenters. The van der Waals surface area contributed by atoms with E-state index in [4.69, 9.17) is 5.11 Å². The molecule has 3 rings (SSSR count). The molecule has 1 aromatic rings. The van der Waals surface area contributed by atoms with Gasteiger partial charge in [0.1, 0.15) is 6.54 Å². The Bertz CT molecular complexity index is 733. The third-order valence-electron chi connectivity index (χ3n) is 5.86. The van der Waals surface area contributed by atoms with Crippen molar-refractivity contribution in [2.24, 2.45) is 5.92 Å². The van der Waals surface area contributed by atoms with Crippen molar-refractivity contribution in [2.75, 3.05) is 19.6 Å². The minimum absolute atomic E-state index is 0.0607. The van der Waals surface area contributed by atoms with Crippen molar-refractivity contribution < 1.29 is 19.5 Å². The zero-order chi connectivity index (χ0) is 19.6. The number of likely N-dealkylation sites (tertiary alicyclic amines) is 1. The molecule has 1 saturated carbocycles. The fraction of sp³-hybridized carbons (Fsp3) is 0.571. The number of hydrogen-bond acceptors (Lipinski definition) is 3. The Labute approximate surface area is 160 Å². The highest BCUT2D eigenvalue weighted by Gasteiger charge is 2.46. The Morgan fingerprint density at radius 2 is 1.93 bits per heavy atom. The Hall–Kier alpha value is -2.37. The molecule has 0 radical (unpaired) electrons. The van der Waals surface area contributed by atoms with E-state index in [1.807, 2.05) is 17.0 Å². The lowest BCUT2D eigenvalue weighted by Gasteiger charge is -2.29. The van der Waals surface area contributed by atoms with E-state index in [9.17, 15) is 14.4 Å². The van der Waals surface area contributed by atoms with E-state index >= 15 is 0 Å². The average molecular weight is 372 g/mol. The Morgan fingerprint density at radius 3 is 2.59 bits per heavy atom. The third-order valence-corrected chi connectivity index (χ3v) is 5.86. The van der Waals surface area contributed by atoms with Gasteiger partial charge in [0.2, 0.25) is 11.8 Å². The van der Waals surface area contributed by atoms with E-state index in [-0.39, 0.29) is 30.3 Å². The van der Waals surface area contributed by atoms with E-state index in [1.165, 1.54) is 23.0 Å². The van der Waals surface area contributed by atoms with Gasteiger partial charge in [0, 0.05) is 32.0 Å². The van der Waals surface area contributed by atoms with Crippen LogP contribution in [0.25, 0.3) is 0 Å². The van der Waals surface area contributed by atoms with Crippen molar-refractivity contribution >= 4 is 17.8 Å². The predicted octanol–water partition coefficient (Wildman–Crippen LogP) is 2.41. The lowest BCUT2D eigenvalue weighted by molar-refractivity contribution is -0.145. The molecule has 1 aliphatic carbocycles. The number of aryl methyl sites for hydroxylation is 1. The van der Waals surface area contributed by atoms with Gasteiger partial charge in [-0.25, -0.2) is 0 Å². The molecule has 1 aliphatic heterocycles. The fourth-order valence-electron chi connectivity index (χ4n) is 4.30. The maximum absolute atomic E-state index is 12.9. The second-order valence-electron chi connectivity index (χ2n) is 7.76. The summed E-state index contributed by atoms with van der Waals surface area (Å²) in [5.41, 5.74) is 2.51. The van der Waals surface area contributed by atoms with Crippen LogP contribution in [0.15, 0.2) is 24.3 Å². The molecule has 1 aromatic carbocycles. The molecule has 0 unspecified atom stereocenters. The minimum atomic E-state index is -0.999. The maximum atomic E-state index is 12.9. The molecular weight excluding hydrogens is 344 g/mol. The molecule has 0 aromatic heterocycles. The number of rotatable bonds is 5. The summed E-state index contributed by atoms with van der Waals surface area (Å²) in [7, 11) is 0. The van der Waals surface area contributed by atoms with Gasteiger partial charge in [-0.1, -0.05) is 24.3 Å². The van der Waals surface area contributed by atoms with E-state index < -0.39 is 5.97 Å².